The van der Waals surface area contributed by atoms with Crippen molar-refractivity contribution in [2.45, 2.75) is 37.3 Å². The van der Waals surface area contributed by atoms with E-state index in [1.54, 1.807) is 0 Å². The van der Waals surface area contributed by atoms with Crippen molar-refractivity contribution in [1.82, 2.24) is 0 Å². The summed E-state index contributed by atoms with van der Waals surface area (Å²) in [5.74, 6) is -0.624. The molecule has 0 aromatic heterocycles. The molecule has 1 saturated heterocycles. The topological polar surface area (TPSA) is 63.6 Å². The third-order valence-electron chi connectivity index (χ3n) is 6.36. The summed E-state index contributed by atoms with van der Waals surface area (Å²) in [6, 6.07) is 10.2. The molecule has 1 aliphatic heterocycles. The average molecular weight is 419 g/mol. The molecule has 5 heteroatoms. The fraction of sp³-hybridized carbons (Fsp3) is 0.524. The number of aliphatic hydroxyl groups excluding tert-OH is 1. The molecule has 7 atom stereocenters. The van der Waals surface area contributed by atoms with Crippen molar-refractivity contribution in [2.75, 3.05) is 0 Å². The second-order valence-corrected chi connectivity index (χ2v) is 10.1. The van der Waals surface area contributed by atoms with Gasteiger partial charge in [0.05, 0.1) is 0 Å². The molecule has 0 spiro atoms. The predicted molar refractivity (Wildman–Crippen MR) is 99.0 cm³/mol. The number of ether oxygens (including phenoxy) is 1. The maximum atomic E-state index is 12.6. The van der Waals surface area contributed by atoms with Gasteiger partial charge in [0.2, 0.25) is 0 Å². The summed E-state index contributed by atoms with van der Waals surface area (Å²) in [7, 11) is 0. The van der Waals surface area contributed by atoms with Crippen LogP contribution in [0.3, 0.4) is 0 Å². The number of aliphatic hydroxyl groups is 1. The van der Waals surface area contributed by atoms with Crippen LogP contribution in [0.15, 0.2) is 42.5 Å². The molecule has 138 valence electrons. The molecule has 0 bridgehead atoms. The van der Waals surface area contributed by atoms with E-state index >= 15 is 0 Å². The Morgan fingerprint density at radius 3 is 2.65 bits per heavy atom. The monoisotopic (exact) mass is 420 g/mol. The minimum absolute atomic E-state index is 0.0321. The van der Waals surface area contributed by atoms with E-state index in [0.29, 0.717) is 12.8 Å². The molecule has 2 aliphatic carbocycles. The van der Waals surface area contributed by atoms with E-state index < -0.39 is 6.10 Å². The number of esters is 1. The molecule has 3 fully saturated rings. The third kappa shape index (κ3) is 2.96. The van der Waals surface area contributed by atoms with Crippen LogP contribution >= 0.6 is 0 Å². The van der Waals surface area contributed by atoms with Gasteiger partial charge in [-0.1, -0.05) is 0 Å². The number of hydrogen-bond donors (Lipinski definition) is 1. The number of carbonyl (C=O) groups is 2. The summed E-state index contributed by atoms with van der Waals surface area (Å²) in [6.07, 6.45) is -0.0480. The normalized spacial score (nSPS) is 39.3. The molecule has 0 amide bonds. The molecule has 1 N–H and O–H groups in total. The summed E-state index contributed by atoms with van der Waals surface area (Å²) >= 11 is 0.152. The fourth-order valence-electron chi connectivity index (χ4n) is 4.98. The van der Waals surface area contributed by atoms with E-state index in [1.165, 1.54) is 4.46 Å². The molecule has 4 nitrogen and oxygen atoms in total. The van der Waals surface area contributed by atoms with Crippen molar-refractivity contribution in [3.05, 3.63) is 42.5 Å². The van der Waals surface area contributed by atoms with E-state index in [0.717, 1.165) is 10.9 Å². The Morgan fingerprint density at radius 1 is 1.19 bits per heavy atom. The molecule has 1 aromatic carbocycles. The van der Waals surface area contributed by atoms with E-state index in [-0.39, 0.29) is 62.4 Å². The summed E-state index contributed by atoms with van der Waals surface area (Å²) in [4.78, 5) is 24.9. The van der Waals surface area contributed by atoms with Gasteiger partial charge in [0.25, 0.3) is 0 Å². The predicted octanol–water partition coefficient (Wildman–Crippen LogP) is 1.75. The Balaban J connectivity index is 1.60. The summed E-state index contributed by atoms with van der Waals surface area (Å²) < 4.78 is 7.06. The van der Waals surface area contributed by atoms with Gasteiger partial charge in [-0.2, -0.15) is 0 Å². The molecule has 2 saturated carbocycles. The first-order valence-corrected chi connectivity index (χ1v) is 11.3. The first kappa shape index (κ1) is 18.0. The van der Waals surface area contributed by atoms with E-state index in [4.69, 9.17) is 4.74 Å². The zero-order valence-electron chi connectivity index (χ0n) is 14.8. The SMILES string of the molecule is C=C1CC(O)C2C(C[Se]c3ccccc3)C(=O)OC2C2C(C)C(=O)CC12. The standard InChI is InChI=1S/C21H24O4Se/c1-11-8-17(23)19-15(10-26-13-6-4-3-5-7-13)21(24)25-20(19)18-12(2)16(22)9-14(11)18/h3-7,12,14-15,17-20,23H,1,8-10H2,2H3. The number of fused-ring (bicyclic) bond motifs is 3. The molecule has 26 heavy (non-hydrogen) atoms. The number of hydrogen-bond acceptors (Lipinski definition) is 4. The quantitative estimate of drug-likeness (QED) is 0.461. The number of benzene rings is 1. The van der Waals surface area contributed by atoms with E-state index in [9.17, 15) is 14.7 Å². The number of rotatable bonds is 3. The minimum atomic E-state index is -0.622. The van der Waals surface area contributed by atoms with Gasteiger partial charge in [0, 0.05) is 0 Å². The molecular formula is C21H24O4Se. The van der Waals surface area contributed by atoms with Gasteiger partial charge in [-0.15, -0.1) is 0 Å². The Kier molecular flexibility index (Phi) is 4.81. The van der Waals surface area contributed by atoms with Crippen molar-refractivity contribution in [1.29, 1.82) is 0 Å². The Hall–Kier alpha value is -1.42. The van der Waals surface area contributed by atoms with Crippen LogP contribution in [0.2, 0.25) is 5.32 Å². The number of carbonyl (C=O) groups excluding carboxylic acids is 2. The van der Waals surface area contributed by atoms with Crippen LogP contribution in [0.5, 0.6) is 0 Å². The van der Waals surface area contributed by atoms with Crippen LogP contribution < -0.4 is 4.46 Å². The van der Waals surface area contributed by atoms with Crippen LogP contribution in [0.25, 0.3) is 0 Å². The fourth-order valence-corrected chi connectivity index (χ4v) is 7.24. The Bertz CT molecular complexity index is 731. The van der Waals surface area contributed by atoms with Gasteiger partial charge in [0.15, 0.2) is 0 Å². The van der Waals surface area contributed by atoms with Crippen LogP contribution in [0, 0.1) is 29.6 Å². The van der Waals surface area contributed by atoms with Gasteiger partial charge in [-0.3, -0.25) is 0 Å². The molecule has 1 aromatic rings. The molecular weight excluding hydrogens is 395 g/mol. The Labute approximate surface area is 160 Å². The second-order valence-electron chi connectivity index (χ2n) is 7.78. The molecule has 1 heterocycles. The van der Waals surface area contributed by atoms with Crippen molar-refractivity contribution in [3.8, 4) is 0 Å². The zero-order chi connectivity index (χ0) is 18.4. The third-order valence-corrected chi connectivity index (χ3v) is 8.74. The molecule has 3 aliphatic rings. The summed E-state index contributed by atoms with van der Waals surface area (Å²) in [6.45, 7) is 6.09. The zero-order valence-corrected chi connectivity index (χ0v) is 16.5. The van der Waals surface area contributed by atoms with Crippen LogP contribution in [0.4, 0.5) is 0 Å². The number of ketones is 1. The summed E-state index contributed by atoms with van der Waals surface area (Å²) in [5.41, 5.74) is 0.943. The van der Waals surface area contributed by atoms with Crippen molar-refractivity contribution < 1.29 is 19.4 Å². The van der Waals surface area contributed by atoms with Gasteiger partial charge < -0.3 is 0 Å². The first-order valence-electron chi connectivity index (χ1n) is 9.24. The average Bonchev–Trinajstić information content (AvgIpc) is 3.07. The van der Waals surface area contributed by atoms with E-state index in [1.807, 2.05) is 25.1 Å². The van der Waals surface area contributed by atoms with E-state index in [2.05, 4.69) is 18.7 Å². The first-order chi connectivity index (χ1) is 12.5. The van der Waals surface area contributed by atoms with Gasteiger partial charge in [-0.05, 0) is 0 Å². The maximum absolute atomic E-state index is 12.6. The van der Waals surface area contributed by atoms with Crippen LogP contribution in [0.1, 0.15) is 19.8 Å². The summed E-state index contributed by atoms with van der Waals surface area (Å²) in [5, 5.41) is 11.6. The second kappa shape index (κ2) is 6.95. The molecule has 4 rings (SSSR count). The van der Waals surface area contributed by atoms with Crippen LogP contribution in [-0.4, -0.2) is 44.0 Å². The van der Waals surface area contributed by atoms with Gasteiger partial charge in [-0.25, -0.2) is 0 Å². The number of Topliss-reactive ketones (excluding diaryl/α,β-unsaturated/α-hetero) is 1. The van der Waals surface area contributed by atoms with Crippen molar-refractivity contribution in [2.24, 2.45) is 29.6 Å². The van der Waals surface area contributed by atoms with Crippen molar-refractivity contribution >= 4 is 31.2 Å². The van der Waals surface area contributed by atoms with Gasteiger partial charge >= 0.3 is 160 Å². The molecule has 7 unspecified atom stereocenters. The Morgan fingerprint density at radius 2 is 1.92 bits per heavy atom. The molecule has 0 radical (unpaired) electrons. The van der Waals surface area contributed by atoms with Crippen LogP contribution in [-0.2, 0) is 14.3 Å². The van der Waals surface area contributed by atoms with Crippen molar-refractivity contribution in [3.63, 3.8) is 0 Å². The van der Waals surface area contributed by atoms with Gasteiger partial charge in [0.1, 0.15) is 0 Å².